The third-order valence-corrected chi connectivity index (χ3v) is 2.01. The number of amides is 1. The predicted octanol–water partition coefficient (Wildman–Crippen LogP) is 0.123. The maximum Gasteiger partial charge on any atom is 0.286 e. The first-order valence-electron chi connectivity index (χ1n) is 4.83. The summed E-state index contributed by atoms with van der Waals surface area (Å²) in [6, 6.07) is 0.835. The number of rotatable bonds is 5. The third-order valence-electron chi connectivity index (χ3n) is 2.01. The molecule has 1 rings (SSSR count). The number of carbonyl (C=O) groups excluding carboxylic acids is 1. The standard InChI is InChI=1S/C10H13FN2O3/c1-2-16-4-3-13-6-7(9(12)14)5-8(11)10(13)15/h5-6H,2-4H2,1H3,(H2,12,14). The summed E-state index contributed by atoms with van der Waals surface area (Å²) in [6.45, 7) is 2.78. The van der Waals surface area contributed by atoms with Crippen LogP contribution in [0.1, 0.15) is 17.3 Å². The fraction of sp³-hybridized carbons (Fsp3) is 0.400. The molecule has 6 heteroatoms. The molecule has 0 bridgehead atoms. The molecule has 0 spiro atoms. The highest BCUT2D eigenvalue weighted by Gasteiger charge is 2.09. The van der Waals surface area contributed by atoms with Crippen LogP contribution in [0.15, 0.2) is 17.1 Å². The zero-order valence-corrected chi connectivity index (χ0v) is 8.90. The van der Waals surface area contributed by atoms with Crippen LogP contribution < -0.4 is 11.3 Å². The lowest BCUT2D eigenvalue weighted by Crippen LogP contribution is -2.27. The fourth-order valence-corrected chi connectivity index (χ4v) is 1.21. The zero-order valence-electron chi connectivity index (χ0n) is 8.90. The van der Waals surface area contributed by atoms with Gasteiger partial charge >= 0.3 is 0 Å². The van der Waals surface area contributed by atoms with E-state index in [2.05, 4.69) is 0 Å². The van der Waals surface area contributed by atoms with E-state index in [1.165, 1.54) is 6.20 Å². The van der Waals surface area contributed by atoms with Crippen LogP contribution in [-0.4, -0.2) is 23.7 Å². The van der Waals surface area contributed by atoms with Gasteiger partial charge in [0.05, 0.1) is 12.2 Å². The molecule has 16 heavy (non-hydrogen) atoms. The van der Waals surface area contributed by atoms with Gasteiger partial charge in [-0.15, -0.1) is 0 Å². The first-order valence-corrected chi connectivity index (χ1v) is 4.83. The molecule has 0 aliphatic carbocycles. The van der Waals surface area contributed by atoms with E-state index in [9.17, 15) is 14.0 Å². The number of hydrogen-bond donors (Lipinski definition) is 1. The molecule has 0 aliphatic rings. The second-order valence-electron chi connectivity index (χ2n) is 3.14. The molecule has 2 N–H and O–H groups in total. The third kappa shape index (κ3) is 2.90. The van der Waals surface area contributed by atoms with Crippen molar-refractivity contribution in [2.75, 3.05) is 13.2 Å². The molecule has 1 amide bonds. The quantitative estimate of drug-likeness (QED) is 0.727. The first kappa shape index (κ1) is 12.4. The normalized spacial score (nSPS) is 10.4. The average molecular weight is 228 g/mol. The Labute approximate surface area is 91.6 Å². The van der Waals surface area contributed by atoms with Gasteiger partial charge in [-0.1, -0.05) is 0 Å². The Bertz CT molecular complexity index is 442. The summed E-state index contributed by atoms with van der Waals surface area (Å²) in [5.74, 6) is -1.77. The summed E-state index contributed by atoms with van der Waals surface area (Å²) >= 11 is 0. The molecule has 0 atom stereocenters. The fourth-order valence-electron chi connectivity index (χ4n) is 1.21. The molecule has 0 aromatic carbocycles. The van der Waals surface area contributed by atoms with Crippen LogP contribution in [0.4, 0.5) is 4.39 Å². The Hall–Kier alpha value is -1.69. The molecule has 0 aliphatic heterocycles. The van der Waals surface area contributed by atoms with Crippen molar-refractivity contribution in [2.24, 2.45) is 5.73 Å². The molecule has 1 heterocycles. The van der Waals surface area contributed by atoms with E-state index in [4.69, 9.17) is 10.5 Å². The van der Waals surface area contributed by atoms with Gasteiger partial charge in [0.15, 0.2) is 5.82 Å². The average Bonchev–Trinajstić information content (AvgIpc) is 2.24. The number of carbonyl (C=O) groups is 1. The molecular formula is C10H13FN2O3. The van der Waals surface area contributed by atoms with Gasteiger partial charge in [-0.25, -0.2) is 4.39 Å². The number of halogens is 1. The van der Waals surface area contributed by atoms with E-state index in [1.807, 2.05) is 6.92 Å². The second-order valence-corrected chi connectivity index (χ2v) is 3.14. The maximum absolute atomic E-state index is 13.1. The van der Waals surface area contributed by atoms with Crippen molar-refractivity contribution in [3.63, 3.8) is 0 Å². The molecule has 5 nitrogen and oxygen atoms in total. The van der Waals surface area contributed by atoms with Crippen LogP contribution >= 0.6 is 0 Å². The van der Waals surface area contributed by atoms with E-state index in [0.717, 1.165) is 10.6 Å². The van der Waals surface area contributed by atoms with E-state index in [-0.39, 0.29) is 18.7 Å². The monoisotopic (exact) mass is 228 g/mol. The van der Waals surface area contributed by atoms with Gasteiger partial charge in [-0.05, 0) is 13.0 Å². The number of nitrogens with two attached hydrogens (primary N) is 1. The lowest BCUT2D eigenvalue weighted by atomic mass is 10.2. The summed E-state index contributed by atoms with van der Waals surface area (Å²) in [6.07, 6.45) is 1.23. The number of nitrogens with zero attached hydrogens (tertiary/aromatic N) is 1. The minimum Gasteiger partial charge on any atom is -0.380 e. The topological polar surface area (TPSA) is 74.3 Å². The summed E-state index contributed by atoms with van der Waals surface area (Å²) < 4.78 is 19.2. The van der Waals surface area contributed by atoms with E-state index < -0.39 is 17.3 Å². The smallest absolute Gasteiger partial charge is 0.286 e. The molecule has 1 aromatic heterocycles. The Morgan fingerprint density at radius 2 is 2.31 bits per heavy atom. The minimum absolute atomic E-state index is 0.0337. The second kappa shape index (κ2) is 5.41. The highest BCUT2D eigenvalue weighted by Crippen LogP contribution is 1.98. The van der Waals surface area contributed by atoms with Gasteiger partial charge < -0.3 is 15.0 Å². The number of primary amides is 1. The highest BCUT2D eigenvalue weighted by atomic mass is 19.1. The number of hydrogen-bond acceptors (Lipinski definition) is 3. The molecule has 88 valence electrons. The molecule has 0 fully saturated rings. The number of pyridine rings is 1. The Morgan fingerprint density at radius 3 is 2.88 bits per heavy atom. The Balaban J connectivity index is 2.98. The summed E-state index contributed by atoms with van der Waals surface area (Å²) in [7, 11) is 0. The predicted molar refractivity (Wildman–Crippen MR) is 55.7 cm³/mol. The molecule has 1 aromatic rings. The lowest BCUT2D eigenvalue weighted by molar-refractivity contribution is 0.0998. The van der Waals surface area contributed by atoms with Crippen LogP contribution in [0.3, 0.4) is 0 Å². The summed E-state index contributed by atoms with van der Waals surface area (Å²) in [4.78, 5) is 22.2. The van der Waals surface area contributed by atoms with Gasteiger partial charge in [0.25, 0.3) is 5.56 Å². The van der Waals surface area contributed by atoms with Gasteiger partial charge in [0.1, 0.15) is 0 Å². The van der Waals surface area contributed by atoms with E-state index >= 15 is 0 Å². The molecular weight excluding hydrogens is 215 g/mol. The minimum atomic E-state index is -0.993. The lowest BCUT2D eigenvalue weighted by Gasteiger charge is -2.07. The Morgan fingerprint density at radius 1 is 1.62 bits per heavy atom. The van der Waals surface area contributed by atoms with Crippen LogP contribution in [0, 0.1) is 5.82 Å². The summed E-state index contributed by atoms with van der Waals surface area (Å²) in [5.41, 5.74) is 4.18. The molecule has 0 radical (unpaired) electrons. The van der Waals surface area contributed by atoms with Gasteiger partial charge in [0, 0.05) is 19.3 Å². The van der Waals surface area contributed by atoms with Crippen molar-refractivity contribution in [1.29, 1.82) is 0 Å². The molecule has 0 saturated carbocycles. The van der Waals surface area contributed by atoms with Crippen LogP contribution in [0.5, 0.6) is 0 Å². The van der Waals surface area contributed by atoms with Crippen molar-refractivity contribution in [2.45, 2.75) is 13.5 Å². The van der Waals surface area contributed by atoms with Gasteiger partial charge in [-0.3, -0.25) is 9.59 Å². The number of ether oxygens (including phenoxy) is 1. The summed E-state index contributed by atoms with van der Waals surface area (Å²) in [5, 5.41) is 0. The van der Waals surface area contributed by atoms with Gasteiger partial charge in [0.2, 0.25) is 5.91 Å². The largest absolute Gasteiger partial charge is 0.380 e. The Kier molecular flexibility index (Phi) is 4.19. The van der Waals surface area contributed by atoms with E-state index in [0.29, 0.717) is 6.61 Å². The molecule has 0 saturated heterocycles. The van der Waals surface area contributed by atoms with Crippen molar-refractivity contribution in [3.05, 3.63) is 34.0 Å². The van der Waals surface area contributed by atoms with Crippen LogP contribution in [-0.2, 0) is 11.3 Å². The van der Waals surface area contributed by atoms with Crippen LogP contribution in [0.25, 0.3) is 0 Å². The van der Waals surface area contributed by atoms with Gasteiger partial charge in [-0.2, -0.15) is 0 Å². The maximum atomic E-state index is 13.1. The van der Waals surface area contributed by atoms with Crippen molar-refractivity contribution < 1.29 is 13.9 Å². The van der Waals surface area contributed by atoms with E-state index in [1.54, 1.807) is 0 Å². The van der Waals surface area contributed by atoms with Crippen molar-refractivity contribution >= 4 is 5.91 Å². The highest BCUT2D eigenvalue weighted by molar-refractivity contribution is 5.92. The molecule has 0 unspecified atom stereocenters. The zero-order chi connectivity index (χ0) is 12.1. The van der Waals surface area contributed by atoms with Crippen molar-refractivity contribution in [3.8, 4) is 0 Å². The van der Waals surface area contributed by atoms with Crippen LogP contribution in [0.2, 0.25) is 0 Å². The number of aromatic nitrogens is 1. The van der Waals surface area contributed by atoms with Crippen molar-refractivity contribution in [1.82, 2.24) is 4.57 Å². The SMILES string of the molecule is CCOCCn1cc(C(N)=O)cc(F)c1=O. The first-order chi connectivity index (χ1) is 7.56.